The molecule has 0 bridgehead atoms. The number of benzene rings is 1. The van der Waals surface area contributed by atoms with E-state index in [-0.39, 0.29) is 11.3 Å². The van der Waals surface area contributed by atoms with Crippen LogP contribution in [0.4, 0.5) is 13.2 Å². The molecule has 0 fully saturated rings. The molecule has 1 heterocycles. The first-order chi connectivity index (χ1) is 7.89. The van der Waals surface area contributed by atoms with Crippen LogP contribution in [0.15, 0.2) is 30.0 Å². The third kappa shape index (κ3) is 2.08. The van der Waals surface area contributed by atoms with E-state index in [1.165, 1.54) is 18.2 Å². The minimum Gasteiger partial charge on any atom is -0.469 e. The first-order valence-electron chi connectivity index (χ1n) is 4.58. The fraction of sp³-hybridized carbons (Fsp3) is 0.200. The van der Waals surface area contributed by atoms with Crippen molar-refractivity contribution < 1.29 is 22.8 Å². The molecule has 7 heteroatoms. The van der Waals surface area contributed by atoms with Gasteiger partial charge in [0.25, 0.3) is 11.8 Å². The summed E-state index contributed by atoms with van der Waals surface area (Å²) in [5.74, 6) is -0.0135. The van der Waals surface area contributed by atoms with E-state index in [9.17, 15) is 23.3 Å². The number of rotatable bonds is 1. The normalized spacial score (nSPS) is 19.0. The smallest absolute Gasteiger partial charge is 0.436 e. The lowest BCUT2D eigenvalue weighted by Crippen LogP contribution is -2.40. The molecule has 1 aromatic carbocycles. The number of nitrogens with zero attached hydrogens (tertiary/aromatic N) is 1. The Morgan fingerprint density at radius 3 is 2.53 bits per heavy atom. The molecule has 0 saturated heterocycles. The highest BCUT2D eigenvalue weighted by Crippen LogP contribution is 2.36. The van der Waals surface area contributed by atoms with Crippen molar-refractivity contribution in [3.05, 3.63) is 45.6 Å². The van der Waals surface area contributed by atoms with Crippen molar-refractivity contribution in [2.24, 2.45) is 0 Å². The zero-order chi connectivity index (χ0) is 12.6. The van der Waals surface area contributed by atoms with E-state index in [1.807, 2.05) is 0 Å². The van der Waals surface area contributed by atoms with Crippen molar-refractivity contribution in [3.8, 4) is 5.75 Å². The van der Waals surface area contributed by atoms with Crippen LogP contribution in [0.2, 0.25) is 0 Å². The number of fused-ring (bicyclic) bond motifs is 1. The Morgan fingerprint density at radius 1 is 1.29 bits per heavy atom. The minimum atomic E-state index is -4.81. The van der Waals surface area contributed by atoms with E-state index in [1.54, 1.807) is 6.07 Å². The van der Waals surface area contributed by atoms with Crippen molar-refractivity contribution in [2.45, 2.75) is 12.3 Å². The van der Waals surface area contributed by atoms with Crippen molar-refractivity contribution >= 4 is 6.08 Å². The molecule has 90 valence electrons. The second-order valence-electron chi connectivity index (χ2n) is 3.40. The van der Waals surface area contributed by atoms with Gasteiger partial charge >= 0.3 is 6.18 Å². The van der Waals surface area contributed by atoms with Crippen molar-refractivity contribution in [2.75, 3.05) is 0 Å². The van der Waals surface area contributed by atoms with Crippen LogP contribution in [0.3, 0.4) is 0 Å². The van der Waals surface area contributed by atoms with Crippen LogP contribution in [0.25, 0.3) is 6.08 Å². The SMILES string of the molecule is O=[N+]([O-])C1=Cc2ccccc2O[C@@H]1C(F)(F)F. The largest absolute Gasteiger partial charge is 0.469 e. The molecule has 1 aliphatic heterocycles. The summed E-state index contributed by atoms with van der Waals surface area (Å²) in [5, 5.41) is 10.6. The standard InChI is InChI=1S/C10H6F3NO3/c11-10(12,13)9-7(14(15)16)5-6-3-1-2-4-8(6)17-9/h1-5,9H/t9-/m0/s1. The second-order valence-corrected chi connectivity index (χ2v) is 3.40. The van der Waals surface area contributed by atoms with Crippen LogP contribution < -0.4 is 4.74 Å². The maximum Gasteiger partial charge on any atom is 0.436 e. The monoisotopic (exact) mass is 245 g/mol. The van der Waals surface area contributed by atoms with Gasteiger partial charge in [-0.2, -0.15) is 13.2 Å². The lowest BCUT2D eigenvalue weighted by atomic mass is 10.1. The lowest BCUT2D eigenvalue weighted by molar-refractivity contribution is -0.443. The third-order valence-corrected chi connectivity index (χ3v) is 2.24. The van der Waals surface area contributed by atoms with E-state index in [2.05, 4.69) is 4.74 Å². The lowest BCUT2D eigenvalue weighted by Gasteiger charge is -2.23. The number of ether oxygens (including phenoxy) is 1. The molecule has 4 nitrogen and oxygen atoms in total. The predicted molar refractivity (Wildman–Crippen MR) is 51.9 cm³/mol. The fourth-order valence-electron chi connectivity index (χ4n) is 1.51. The Hall–Kier alpha value is -2.05. The van der Waals surface area contributed by atoms with Crippen LogP contribution in [-0.4, -0.2) is 17.2 Å². The molecule has 0 N–H and O–H groups in total. The van der Waals surface area contributed by atoms with Gasteiger partial charge in [-0.3, -0.25) is 10.1 Å². The number of halogens is 3. The molecule has 1 aromatic rings. The van der Waals surface area contributed by atoms with E-state index in [0.717, 1.165) is 6.08 Å². The first kappa shape index (κ1) is 11.4. The highest BCUT2D eigenvalue weighted by Gasteiger charge is 2.51. The molecule has 2 rings (SSSR count). The van der Waals surface area contributed by atoms with Gasteiger partial charge in [0.05, 0.1) is 4.92 Å². The molecule has 1 atom stereocenters. The Bertz CT molecular complexity index is 496. The molecule has 0 aromatic heterocycles. The summed E-state index contributed by atoms with van der Waals surface area (Å²) in [5.41, 5.74) is -0.740. The predicted octanol–water partition coefficient (Wildman–Crippen LogP) is 2.63. The van der Waals surface area contributed by atoms with Crippen molar-refractivity contribution in [3.63, 3.8) is 0 Å². The van der Waals surface area contributed by atoms with Crippen molar-refractivity contribution in [1.82, 2.24) is 0 Å². The average Bonchev–Trinajstić information content (AvgIpc) is 2.26. The van der Waals surface area contributed by atoms with Crippen LogP contribution in [0.1, 0.15) is 5.56 Å². The highest BCUT2D eigenvalue weighted by atomic mass is 19.4. The van der Waals surface area contributed by atoms with Gasteiger partial charge in [-0.25, -0.2) is 0 Å². The third-order valence-electron chi connectivity index (χ3n) is 2.24. The summed E-state index contributed by atoms with van der Waals surface area (Å²) in [6.07, 6.45) is -6.45. The molecular weight excluding hydrogens is 239 g/mol. The van der Waals surface area contributed by atoms with Crippen molar-refractivity contribution in [1.29, 1.82) is 0 Å². The van der Waals surface area contributed by atoms with E-state index in [4.69, 9.17) is 0 Å². The van der Waals surface area contributed by atoms with Gasteiger partial charge in [0.1, 0.15) is 5.75 Å². The number of para-hydroxylation sites is 1. The minimum absolute atomic E-state index is 0.0135. The summed E-state index contributed by atoms with van der Waals surface area (Å²) < 4.78 is 42.4. The van der Waals surface area contributed by atoms with Gasteiger partial charge in [-0.15, -0.1) is 0 Å². The van der Waals surface area contributed by atoms with Gasteiger partial charge < -0.3 is 4.74 Å². The fourth-order valence-corrected chi connectivity index (χ4v) is 1.51. The zero-order valence-corrected chi connectivity index (χ0v) is 8.27. The molecule has 0 saturated carbocycles. The number of nitro groups is 1. The van der Waals surface area contributed by atoms with E-state index in [0.29, 0.717) is 0 Å². The quantitative estimate of drug-likeness (QED) is 0.564. The number of hydrogen-bond donors (Lipinski definition) is 0. The maximum atomic E-state index is 12.6. The Balaban J connectivity index is 2.51. The molecule has 17 heavy (non-hydrogen) atoms. The summed E-state index contributed by atoms with van der Waals surface area (Å²) in [7, 11) is 0. The van der Waals surface area contributed by atoms with Gasteiger partial charge in [0.2, 0.25) is 0 Å². The highest BCUT2D eigenvalue weighted by molar-refractivity contribution is 5.61. The average molecular weight is 245 g/mol. The first-order valence-corrected chi connectivity index (χ1v) is 4.58. The van der Waals surface area contributed by atoms with Gasteiger partial charge in [-0.1, -0.05) is 18.2 Å². The molecule has 0 unspecified atom stereocenters. The van der Waals surface area contributed by atoms with Gasteiger partial charge in [-0.05, 0) is 6.07 Å². The summed E-state index contributed by atoms with van der Waals surface area (Å²) in [4.78, 5) is 9.50. The Morgan fingerprint density at radius 2 is 1.94 bits per heavy atom. The Labute approximate surface area is 93.5 Å². The van der Waals surface area contributed by atoms with Crippen LogP contribution in [0.5, 0.6) is 5.75 Å². The molecule has 0 radical (unpaired) electrons. The van der Waals surface area contributed by atoms with Crippen LogP contribution >= 0.6 is 0 Å². The topological polar surface area (TPSA) is 52.4 Å². The second kappa shape index (κ2) is 3.76. The molecule has 0 amide bonds. The van der Waals surface area contributed by atoms with Crippen LogP contribution in [0, 0.1) is 10.1 Å². The van der Waals surface area contributed by atoms with Gasteiger partial charge in [0.15, 0.2) is 0 Å². The van der Waals surface area contributed by atoms with E-state index < -0.39 is 22.9 Å². The summed E-state index contributed by atoms with van der Waals surface area (Å²) >= 11 is 0. The zero-order valence-electron chi connectivity index (χ0n) is 8.27. The maximum absolute atomic E-state index is 12.6. The molecule has 0 aliphatic carbocycles. The number of hydrogen-bond acceptors (Lipinski definition) is 3. The summed E-state index contributed by atoms with van der Waals surface area (Å²) in [6.45, 7) is 0. The molecular formula is C10H6F3NO3. The summed E-state index contributed by atoms with van der Waals surface area (Å²) in [6, 6.07) is 5.84. The Kier molecular flexibility index (Phi) is 2.53. The van der Waals surface area contributed by atoms with E-state index >= 15 is 0 Å². The van der Waals surface area contributed by atoms with Crippen LogP contribution in [-0.2, 0) is 0 Å². The number of alkyl halides is 3. The van der Waals surface area contributed by atoms with Gasteiger partial charge in [0, 0.05) is 11.6 Å². The molecule has 1 aliphatic rings. The molecule has 0 spiro atoms.